The summed E-state index contributed by atoms with van der Waals surface area (Å²) in [6, 6.07) is 1.25. The highest BCUT2D eigenvalue weighted by Gasteiger charge is 2.34. The van der Waals surface area contributed by atoms with Gasteiger partial charge >= 0.3 is 0 Å². The molecule has 0 saturated carbocycles. The first-order valence-electron chi connectivity index (χ1n) is 5.29. The Morgan fingerprint density at radius 2 is 1.78 bits per heavy atom. The van der Waals surface area contributed by atoms with Crippen molar-refractivity contribution in [2.75, 3.05) is 11.5 Å². The van der Waals surface area contributed by atoms with Crippen molar-refractivity contribution in [3.05, 3.63) is 35.1 Å². The van der Waals surface area contributed by atoms with Crippen LogP contribution in [0.3, 0.4) is 0 Å². The molecule has 1 heterocycles. The Hall–Kier alpha value is -0.560. The van der Waals surface area contributed by atoms with Crippen LogP contribution in [0.2, 0.25) is 0 Å². The van der Waals surface area contributed by atoms with Crippen molar-refractivity contribution in [3.8, 4) is 0 Å². The molecule has 0 radical (unpaired) electrons. The minimum Gasteiger partial charge on any atom is -0.229 e. The second kappa shape index (κ2) is 4.85. The molecule has 0 amide bonds. The number of halogens is 4. The maximum atomic E-state index is 13.5. The third kappa shape index (κ3) is 2.71. The topological polar surface area (TPSA) is 34.1 Å². The van der Waals surface area contributed by atoms with Crippen LogP contribution >= 0.6 is 15.9 Å². The van der Waals surface area contributed by atoms with Gasteiger partial charge in [0.2, 0.25) is 0 Å². The highest BCUT2D eigenvalue weighted by molar-refractivity contribution is 9.09. The maximum absolute atomic E-state index is 13.5. The molecular formula is C11H10BrF3O2S. The van der Waals surface area contributed by atoms with Gasteiger partial charge in [-0.25, -0.2) is 21.6 Å². The van der Waals surface area contributed by atoms with Crippen LogP contribution in [0.25, 0.3) is 0 Å². The van der Waals surface area contributed by atoms with Crippen LogP contribution < -0.4 is 0 Å². The van der Waals surface area contributed by atoms with E-state index in [0.717, 1.165) is 6.07 Å². The van der Waals surface area contributed by atoms with Gasteiger partial charge in [-0.1, -0.05) is 15.9 Å². The lowest BCUT2D eigenvalue weighted by Gasteiger charge is -2.17. The minimum absolute atomic E-state index is 0.0454. The smallest absolute Gasteiger partial charge is 0.161 e. The van der Waals surface area contributed by atoms with Crippen molar-refractivity contribution >= 4 is 25.8 Å². The molecule has 0 N–H and O–H groups in total. The third-order valence-corrected chi connectivity index (χ3v) is 6.05. The van der Waals surface area contributed by atoms with Crippen LogP contribution in [-0.2, 0) is 9.84 Å². The summed E-state index contributed by atoms with van der Waals surface area (Å²) in [7, 11) is -3.10. The van der Waals surface area contributed by atoms with E-state index < -0.39 is 32.1 Å². The highest BCUT2D eigenvalue weighted by Crippen LogP contribution is 2.39. The minimum atomic E-state index is -3.10. The van der Waals surface area contributed by atoms with Crippen LogP contribution in [-0.4, -0.2) is 19.9 Å². The average Bonchev–Trinajstić information content (AvgIpc) is 2.63. The molecule has 0 aliphatic carbocycles. The summed E-state index contributed by atoms with van der Waals surface area (Å²) in [4.78, 5) is -0.634. The molecule has 1 fully saturated rings. The SMILES string of the molecule is O=S1(=O)CCC(C(Br)c2cc(F)c(F)cc2F)C1. The van der Waals surface area contributed by atoms with Gasteiger partial charge in [-0.2, -0.15) is 0 Å². The summed E-state index contributed by atoms with van der Waals surface area (Å²) in [5.41, 5.74) is -0.0454. The second-order valence-electron chi connectivity index (χ2n) is 4.35. The van der Waals surface area contributed by atoms with Crippen molar-refractivity contribution in [3.63, 3.8) is 0 Å². The molecule has 0 aromatic heterocycles. The fraction of sp³-hybridized carbons (Fsp3) is 0.455. The quantitative estimate of drug-likeness (QED) is 0.611. The summed E-state index contributed by atoms with van der Waals surface area (Å²) >= 11 is 3.18. The Labute approximate surface area is 111 Å². The third-order valence-electron chi connectivity index (χ3n) is 3.02. The van der Waals surface area contributed by atoms with E-state index in [1.807, 2.05) is 0 Å². The number of alkyl halides is 1. The van der Waals surface area contributed by atoms with Gasteiger partial charge in [-0.05, 0) is 18.4 Å². The number of hydrogen-bond acceptors (Lipinski definition) is 2. The van der Waals surface area contributed by atoms with Crippen molar-refractivity contribution < 1.29 is 21.6 Å². The molecular weight excluding hydrogens is 333 g/mol. The summed E-state index contributed by atoms with van der Waals surface area (Å²) < 4.78 is 62.1. The van der Waals surface area contributed by atoms with Gasteiger partial charge in [0, 0.05) is 16.5 Å². The Morgan fingerprint density at radius 1 is 1.17 bits per heavy atom. The Kier molecular flexibility index (Phi) is 3.73. The van der Waals surface area contributed by atoms with Crippen molar-refractivity contribution in [1.29, 1.82) is 0 Å². The molecule has 2 atom stereocenters. The molecule has 2 rings (SSSR count). The van der Waals surface area contributed by atoms with E-state index in [2.05, 4.69) is 15.9 Å². The van der Waals surface area contributed by atoms with Gasteiger partial charge in [-0.3, -0.25) is 0 Å². The van der Waals surface area contributed by atoms with Crippen LogP contribution in [0.5, 0.6) is 0 Å². The predicted octanol–water partition coefficient (Wildman–Crippen LogP) is 2.97. The van der Waals surface area contributed by atoms with Crippen LogP contribution in [0, 0.1) is 23.4 Å². The van der Waals surface area contributed by atoms with Crippen LogP contribution in [0.4, 0.5) is 13.2 Å². The van der Waals surface area contributed by atoms with Crippen LogP contribution in [0.15, 0.2) is 12.1 Å². The summed E-state index contributed by atoms with van der Waals surface area (Å²) in [6.45, 7) is 0. The molecule has 1 aromatic rings. The second-order valence-corrected chi connectivity index (χ2v) is 7.57. The number of benzene rings is 1. The lowest BCUT2D eigenvalue weighted by atomic mass is 9.98. The molecule has 100 valence electrons. The monoisotopic (exact) mass is 342 g/mol. The first kappa shape index (κ1) is 13.9. The van der Waals surface area contributed by atoms with Gasteiger partial charge < -0.3 is 0 Å². The molecule has 0 spiro atoms. The van der Waals surface area contributed by atoms with Gasteiger partial charge in [0.15, 0.2) is 21.5 Å². The van der Waals surface area contributed by atoms with Crippen molar-refractivity contribution in [2.45, 2.75) is 11.2 Å². The first-order chi connectivity index (χ1) is 8.30. The van der Waals surface area contributed by atoms with E-state index in [9.17, 15) is 21.6 Å². The van der Waals surface area contributed by atoms with Gasteiger partial charge in [0.05, 0.1) is 11.5 Å². The lowest BCUT2D eigenvalue weighted by Crippen LogP contribution is -2.12. The lowest BCUT2D eigenvalue weighted by molar-refractivity contribution is 0.481. The zero-order chi connectivity index (χ0) is 13.5. The van der Waals surface area contributed by atoms with E-state index in [1.165, 1.54) is 0 Å². The Bertz CT molecular complexity index is 574. The predicted molar refractivity (Wildman–Crippen MR) is 64.7 cm³/mol. The van der Waals surface area contributed by atoms with Gasteiger partial charge in [-0.15, -0.1) is 0 Å². The summed E-state index contributed by atoms with van der Waals surface area (Å²) in [5, 5.41) is 0. The van der Waals surface area contributed by atoms with E-state index in [1.54, 1.807) is 0 Å². The number of sulfone groups is 1. The summed E-state index contributed by atoms with van der Waals surface area (Å²) in [5.74, 6) is -3.62. The molecule has 1 aromatic carbocycles. The fourth-order valence-corrected chi connectivity index (χ4v) is 4.95. The standard InChI is InChI=1S/C11H10BrF3O2S/c12-11(6-1-2-18(16,17)5-6)7-3-9(14)10(15)4-8(7)13/h3-4,6,11H,1-2,5H2. The molecule has 7 heteroatoms. The zero-order valence-electron chi connectivity index (χ0n) is 9.17. The van der Waals surface area contributed by atoms with E-state index in [-0.39, 0.29) is 23.0 Å². The molecule has 1 saturated heterocycles. The molecule has 2 nitrogen and oxygen atoms in total. The van der Waals surface area contributed by atoms with Crippen LogP contribution in [0.1, 0.15) is 16.8 Å². The normalized spacial score (nSPS) is 24.1. The molecule has 18 heavy (non-hydrogen) atoms. The summed E-state index contributed by atoms with van der Waals surface area (Å²) in [6.07, 6.45) is 0.386. The van der Waals surface area contributed by atoms with Crippen molar-refractivity contribution in [2.24, 2.45) is 5.92 Å². The molecule has 0 bridgehead atoms. The van der Waals surface area contributed by atoms with Gasteiger partial charge in [0.1, 0.15) is 5.82 Å². The van der Waals surface area contributed by atoms with Crippen molar-refractivity contribution in [1.82, 2.24) is 0 Å². The van der Waals surface area contributed by atoms with E-state index >= 15 is 0 Å². The Balaban J connectivity index is 2.30. The van der Waals surface area contributed by atoms with E-state index in [4.69, 9.17) is 0 Å². The molecule has 2 unspecified atom stereocenters. The first-order valence-corrected chi connectivity index (χ1v) is 8.03. The Morgan fingerprint density at radius 3 is 2.33 bits per heavy atom. The largest absolute Gasteiger partial charge is 0.229 e. The molecule has 1 aliphatic rings. The van der Waals surface area contributed by atoms with E-state index in [0.29, 0.717) is 12.5 Å². The maximum Gasteiger partial charge on any atom is 0.161 e. The average molecular weight is 343 g/mol. The number of hydrogen-bond donors (Lipinski definition) is 0. The van der Waals surface area contributed by atoms with Gasteiger partial charge in [0.25, 0.3) is 0 Å². The molecule has 1 aliphatic heterocycles. The zero-order valence-corrected chi connectivity index (χ0v) is 11.6. The highest BCUT2D eigenvalue weighted by atomic mass is 79.9. The fourth-order valence-electron chi connectivity index (χ4n) is 2.06. The number of rotatable bonds is 2.